The van der Waals surface area contributed by atoms with Crippen LogP contribution in [0.3, 0.4) is 0 Å². The second-order valence-electron chi connectivity index (χ2n) is 3.91. The number of carbonyl (C=O) groups excluding carboxylic acids is 1. The van der Waals surface area contributed by atoms with E-state index in [0.717, 1.165) is 18.5 Å². The molecule has 4 heteroatoms. The van der Waals surface area contributed by atoms with Crippen molar-refractivity contribution < 1.29 is 9.53 Å². The Labute approximate surface area is 82.7 Å². The predicted octanol–water partition coefficient (Wildman–Crippen LogP) is 1.64. The summed E-state index contributed by atoms with van der Waals surface area (Å²) in [4.78, 5) is 18.5. The maximum Gasteiger partial charge on any atom is 0.358 e. The van der Waals surface area contributed by atoms with Gasteiger partial charge in [-0.25, -0.2) is 9.78 Å². The summed E-state index contributed by atoms with van der Waals surface area (Å²) in [6.07, 6.45) is 3.79. The first-order chi connectivity index (χ1) is 6.67. The smallest absolute Gasteiger partial charge is 0.358 e. The molecule has 1 fully saturated rings. The van der Waals surface area contributed by atoms with Crippen LogP contribution < -0.4 is 0 Å². The molecule has 1 aliphatic rings. The monoisotopic (exact) mass is 194 g/mol. The number of hydrogen-bond acceptors (Lipinski definition) is 3. The first-order valence-electron chi connectivity index (χ1n) is 4.88. The first kappa shape index (κ1) is 9.24. The zero-order chi connectivity index (χ0) is 10.2. The standard InChI is InChI=1S/C10H14N2O2/c1-3-14-9(13)7-8(12-6-11-7)10(2)4-5-10/h6H,3-5H2,1-2H3,(H,11,12). The molecule has 0 radical (unpaired) electrons. The molecule has 1 heterocycles. The highest BCUT2D eigenvalue weighted by Gasteiger charge is 2.43. The molecule has 0 atom stereocenters. The summed E-state index contributed by atoms with van der Waals surface area (Å²) in [5, 5.41) is 0. The van der Waals surface area contributed by atoms with Gasteiger partial charge in [0.15, 0.2) is 5.69 Å². The van der Waals surface area contributed by atoms with Gasteiger partial charge in [0, 0.05) is 5.41 Å². The molecule has 1 saturated carbocycles. The van der Waals surface area contributed by atoms with Crippen LogP contribution in [-0.4, -0.2) is 22.5 Å². The Morgan fingerprint density at radius 1 is 1.71 bits per heavy atom. The number of aromatic nitrogens is 2. The van der Waals surface area contributed by atoms with Gasteiger partial charge in [-0.2, -0.15) is 0 Å². The van der Waals surface area contributed by atoms with Crippen molar-refractivity contribution in [2.24, 2.45) is 0 Å². The van der Waals surface area contributed by atoms with Gasteiger partial charge in [-0.05, 0) is 19.8 Å². The van der Waals surface area contributed by atoms with Crippen LogP contribution in [0.15, 0.2) is 6.33 Å². The van der Waals surface area contributed by atoms with E-state index >= 15 is 0 Å². The molecule has 4 nitrogen and oxygen atoms in total. The van der Waals surface area contributed by atoms with E-state index in [1.165, 1.54) is 0 Å². The van der Waals surface area contributed by atoms with E-state index in [1.807, 2.05) is 0 Å². The Morgan fingerprint density at radius 3 is 3.00 bits per heavy atom. The van der Waals surface area contributed by atoms with E-state index in [2.05, 4.69) is 16.9 Å². The van der Waals surface area contributed by atoms with Gasteiger partial charge in [0.05, 0.1) is 18.6 Å². The second-order valence-corrected chi connectivity index (χ2v) is 3.91. The number of rotatable bonds is 3. The Bertz CT molecular complexity index is 353. The lowest BCUT2D eigenvalue weighted by Crippen LogP contribution is -2.12. The third-order valence-electron chi connectivity index (χ3n) is 2.71. The molecule has 1 aliphatic carbocycles. The predicted molar refractivity (Wildman–Crippen MR) is 51.1 cm³/mol. The number of esters is 1. The third kappa shape index (κ3) is 1.41. The average Bonchev–Trinajstić information content (AvgIpc) is 2.72. The zero-order valence-corrected chi connectivity index (χ0v) is 8.46. The van der Waals surface area contributed by atoms with Crippen LogP contribution in [0.25, 0.3) is 0 Å². The molecule has 0 unspecified atom stereocenters. The highest BCUT2D eigenvalue weighted by atomic mass is 16.5. The van der Waals surface area contributed by atoms with E-state index in [-0.39, 0.29) is 11.4 Å². The van der Waals surface area contributed by atoms with Crippen LogP contribution in [0.2, 0.25) is 0 Å². The fourth-order valence-electron chi connectivity index (χ4n) is 1.55. The molecular formula is C10H14N2O2. The molecule has 0 spiro atoms. The molecule has 0 saturated heterocycles. The van der Waals surface area contributed by atoms with Gasteiger partial charge in [0.25, 0.3) is 0 Å². The van der Waals surface area contributed by atoms with Gasteiger partial charge in [-0.1, -0.05) is 6.92 Å². The number of hydrogen-bond donors (Lipinski definition) is 1. The fourth-order valence-corrected chi connectivity index (χ4v) is 1.55. The second kappa shape index (κ2) is 3.12. The number of nitrogens with one attached hydrogen (secondary N) is 1. The molecule has 0 aromatic carbocycles. The van der Waals surface area contributed by atoms with E-state index in [1.54, 1.807) is 13.3 Å². The summed E-state index contributed by atoms with van der Waals surface area (Å²) < 4.78 is 4.93. The molecular weight excluding hydrogens is 180 g/mol. The van der Waals surface area contributed by atoms with Gasteiger partial charge in [-0.3, -0.25) is 0 Å². The summed E-state index contributed by atoms with van der Waals surface area (Å²) in [6, 6.07) is 0. The van der Waals surface area contributed by atoms with Crippen LogP contribution in [0.4, 0.5) is 0 Å². The van der Waals surface area contributed by atoms with Gasteiger partial charge in [0.2, 0.25) is 0 Å². The number of imidazole rings is 1. The topological polar surface area (TPSA) is 55.0 Å². The van der Waals surface area contributed by atoms with Gasteiger partial charge < -0.3 is 9.72 Å². The minimum atomic E-state index is -0.322. The van der Waals surface area contributed by atoms with E-state index < -0.39 is 0 Å². The third-order valence-corrected chi connectivity index (χ3v) is 2.71. The van der Waals surface area contributed by atoms with Crippen molar-refractivity contribution in [3.63, 3.8) is 0 Å². The number of nitrogens with zero attached hydrogens (tertiary/aromatic N) is 1. The molecule has 1 aromatic heterocycles. The largest absolute Gasteiger partial charge is 0.461 e. The highest BCUT2D eigenvalue weighted by molar-refractivity contribution is 5.89. The van der Waals surface area contributed by atoms with Gasteiger partial charge in [0.1, 0.15) is 0 Å². The molecule has 0 bridgehead atoms. The van der Waals surface area contributed by atoms with Crippen molar-refractivity contribution in [3.05, 3.63) is 17.7 Å². The fraction of sp³-hybridized carbons (Fsp3) is 0.600. The van der Waals surface area contributed by atoms with Crippen LogP contribution in [-0.2, 0) is 10.2 Å². The van der Waals surface area contributed by atoms with Crippen LogP contribution in [0.1, 0.15) is 42.9 Å². The molecule has 0 amide bonds. The van der Waals surface area contributed by atoms with E-state index in [9.17, 15) is 4.79 Å². The highest BCUT2D eigenvalue weighted by Crippen LogP contribution is 2.47. The van der Waals surface area contributed by atoms with E-state index in [0.29, 0.717) is 12.3 Å². The summed E-state index contributed by atoms with van der Waals surface area (Å²) in [7, 11) is 0. The van der Waals surface area contributed by atoms with Gasteiger partial charge >= 0.3 is 5.97 Å². The first-order valence-corrected chi connectivity index (χ1v) is 4.88. The Balaban J connectivity index is 2.25. The van der Waals surface area contributed by atoms with E-state index in [4.69, 9.17) is 4.74 Å². The van der Waals surface area contributed by atoms with Crippen molar-refractivity contribution in [3.8, 4) is 0 Å². The normalized spacial score (nSPS) is 17.9. The molecule has 76 valence electrons. The van der Waals surface area contributed by atoms with Crippen molar-refractivity contribution in [2.75, 3.05) is 6.61 Å². The Morgan fingerprint density at radius 2 is 2.43 bits per heavy atom. The summed E-state index contributed by atoms with van der Waals surface area (Å²) >= 11 is 0. The number of ether oxygens (including phenoxy) is 1. The summed E-state index contributed by atoms with van der Waals surface area (Å²) in [5.41, 5.74) is 1.50. The molecule has 2 rings (SSSR count). The number of carbonyl (C=O) groups is 1. The average molecular weight is 194 g/mol. The lowest BCUT2D eigenvalue weighted by atomic mass is 10.0. The van der Waals surface area contributed by atoms with Crippen LogP contribution >= 0.6 is 0 Å². The molecule has 1 N–H and O–H groups in total. The summed E-state index contributed by atoms with van der Waals surface area (Å²) in [6.45, 7) is 4.31. The maximum atomic E-state index is 11.5. The van der Waals surface area contributed by atoms with Crippen molar-refractivity contribution >= 4 is 5.97 Å². The van der Waals surface area contributed by atoms with Crippen molar-refractivity contribution in [1.82, 2.24) is 9.97 Å². The lowest BCUT2D eigenvalue weighted by molar-refractivity contribution is 0.0518. The number of H-pyrrole nitrogens is 1. The minimum absolute atomic E-state index is 0.124. The van der Waals surface area contributed by atoms with Crippen molar-refractivity contribution in [2.45, 2.75) is 32.1 Å². The molecule has 1 aromatic rings. The zero-order valence-electron chi connectivity index (χ0n) is 8.46. The van der Waals surface area contributed by atoms with Gasteiger partial charge in [-0.15, -0.1) is 0 Å². The van der Waals surface area contributed by atoms with Crippen molar-refractivity contribution in [1.29, 1.82) is 0 Å². The maximum absolute atomic E-state index is 11.5. The lowest BCUT2D eigenvalue weighted by Gasteiger charge is -2.07. The molecule has 0 aliphatic heterocycles. The minimum Gasteiger partial charge on any atom is -0.461 e. The Hall–Kier alpha value is -1.32. The SMILES string of the molecule is CCOC(=O)c1nc[nH]c1C1(C)CC1. The number of aromatic amines is 1. The molecule has 14 heavy (non-hydrogen) atoms. The van der Waals surface area contributed by atoms with Crippen LogP contribution in [0.5, 0.6) is 0 Å². The summed E-state index contributed by atoms with van der Waals surface area (Å²) in [5.74, 6) is -0.322. The van der Waals surface area contributed by atoms with Crippen LogP contribution in [0, 0.1) is 0 Å². The quantitative estimate of drug-likeness (QED) is 0.744. The Kier molecular flexibility index (Phi) is 2.06.